The molecule has 0 radical (unpaired) electrons. The van der Waals surface area contributed by atoms with Gasteiger partial charge in [0.2, 0.25) is 0 Å². The Hall–Kier alpha value is -2.54. The van der Waals surface area contributed by atoms with Crippen LogP contribution in [0.1, 0.15) is 23.6 Å². The lowest BCUT2D eigenvalue weighted by Crippen LogP contribution is -2.59. The summed E-state index contributed by atoms with van der Waals surface area (Å²) in [5.41, 5.74) is 3.13. The van der Waals surface area contributed by atoms with Crippen molar-refractivity contribution in [3.63, 3.8) is 0 Å². The van der Waals surface area contributed by atoms with Crippen LogP contribution in [0.3, 0.4) is 0 Å². The minimum absolute atomic E-state index is 0.344. The second-order valence-electron chi connectivity index (χ2n) is 8.02. The van der Waals surface area contributed by atoms with Crippen LogP contribution >= 0.6 is 0 Å². The summed E-state index contributed by atoms with van der Waals surface area (Å²) in [6.45, 7) is 3.05. The van der Waals surface area contributed by atoms with E-state index in [1.54, 1.807) is 0 Å². The summed E-state index contributed by atoms with van der Waals surface area (Å²) >= 11 is 0. The Bertz CT molecular complexity index is 863. The summed E-state index contributed by atoms with van der Waals surface area (Å²) in [4.78, 5) is 0. The molecule has 0 aliphatic carbocycles. The van der Waals surface area contributed by atoms with Crippen molar-refractivity contribution < 1.29 is 24.1 Å². The van der Waals surface area contributed by atoms with Crippen LogP contribution in [0.15, 0.2) is 91.0 Å². The summed E-state index contributed by atoms with van der Waals surface area (Å²) in [6, 6.07) is 29.8. The van der Waals surface area contributed by atoms with Crippen molar-refractivity contribution in [3.8, 4) is 0 Å². The van der Waals surface area contributed by atoms with E-state index in [1.807, 2.05) is 97.9 Å². The SMILES string of the molecule is C[C@@H]1O[C@@H](O)[C@H](OCc2ccccc2)[C@H](OCc2ccccc2)[C@H]1OCc1ccccc1. The summed E-state index contributed by atoms with van der Waals surface area (Å²) in [5, 5.41) is 10.7. The molecule has 32 heavy (non-hydrogen) atoms. The number of benzene rings is 3. The van der Waals surface area contributed by atoms with Crippen molar-refractivity contribution in [2.24, 2.45) is 0 Å². The third-order valence-corrected chi connectivity index (χ3v) is 5.60. The first-order valence-corrected chi connectivity index (χ1v) is 11.0. The van der Waals surface area contributed by atoms with Crippen LogP contribution in [0.2, 0.25) is 0 Å². The lowest BCUT2D eigenvalue weighted by atomic mass is 9.98. The minimum atomic E-state index is -1.11. The van der Waals surface area contributed by atoms with Crippen LogP contribution < -0.4 is 0 Å². The summed E-state index contributed by atoms with van der Waals surface area (Å²) in [5.74, 6) is 0. The monoisotopic (exact) mass is 434 g/mol. The van der Waals surface area contributed by atoms with Gasteiger partial charge in [-0.25, -0.2) is 0 Å². The maximum Gasteiger partial charge on any atom is 0.184 e. The molecule has 0 amide bonds. The quantitative estimate of drug-likeness (QED) is 0.538. The molecule has 0 saturated carbocycles. The lowest BCUT2D eigenvalue weighted by molar-refractivity contribution is -0.308. The van der Waals surface area contributed by atoms with Crippen LogP contribution in [0.25, 0.3) is 0 Å². The lowest BCUT2D eigenvalue weighted by Gasteiger charge is -2.43. The number of hydrogen-bond donors (Lipinski definition) is 1. The molecule has 3 aromatic rings. The Kier molecular flexibility index (Phi) is 8.04. The van der Waals surface area contributed by atoms with Crippen molar-refractivity contribution in [2.75, 3.05) is 0 Å². The molecule has 5 nitrogen and oxygen atoms in total. The fourth-order valence-electron chi connectivity index (χ4n) is 3.89. The first-order valence-electron chi connectivity index (χ1n) is 11.0. The first-order chi connectivity index (χ1) is 15.7. The molecule has 1 fully saturated rings. The fourth-order valence-corrected chi connectivity index (χ4v) is 3.89. The Morgan fingerprint density at radius 3 is 1.41 bits per heavy atom. The van der Waals surface area contributed by atoms with E-state index in [-0.39, 0.29) is 6.10 Å². The highest BCUT2D eigenvalue weighted by atomic mass is 16.7. The maximum atomic E-state index is 10.7. The molecule has 0 spiro atoms. The van der Waals surface area contributed by atoms with Gasteiger partial charge in [0.1, 0.15) is 18.3 Å². The average molecular weight is 435 g/mol. The molecule has 0 bridgehead atoms. The van der Waals surface area contributed by atoms with Crippen molar-refractivity contribution >= 4 is 0 Å². The van der Waals surface area contributed by atoms with E-state index in [4.69, 9.17) is 18.9 Å². The molecule has 4 rings (SSSR count). The van der Waals surface area contributed by atoms with Gasteiger partial charge < -0.3 is 24.1 Å². The standard InChI is InChI=1S/C27H30O5/c1-20-24(29-17-21-11-5-2-6-12-21)25(30-18-22-13-7-3-8-14-22)26(27(28)32-20)31-19-23-15-9-4-10-16-23/h2-16,20,24-28H,17-19H2,1H3/t20-,24-,25+,26+,27+/m0/s1. The molecule has 1 N–H and O–H groups in total. The molecule has 5 heteroatoms. The number of ether oxygens (including phenoxy) is 4. The minimum Gasteiger partial charge on any atom is -0.368 e. The summed E-state index contributed by atoms with van der Waals surface area (Å²) in [7, 11) is 0. The first kappa shape index (κ1) is 22.6. The zero-order valence-corrected chi connectivity index (χ0v) is 18.2. The second-order valence-corrected chi connectivity index (χ2v) is 8.02. The smallest absolute Gasteiger partial charge is 0.184 e. The highest BCUT2D eigenvalue weighted by molar-refractivity contribution is 5.15. The fraction of sp³-hybridized carbons (Fsp3) is 0.333. The van der Waals surface area contributed by atoms with Crippen LogP contribution in [0, 0.1) is 0 Å². The Morgan fingerprint density at radius 1 is 0.594 bits per heavy atom. The van der Waals surface area contributed by atoms with Crippen LogP contribution in [-0.4, -0.2) is 35.8 Å². The van der Waals surface area contributed by atoms with Gasteiger partial charge in [-0.1, -0.05) is 91.0 Å². The molecule has 0 unspecified atom stereocenters. The third-order valence-electron chi connectivity index (χ3n) is 5.60. The van der Waals surface area contributed by atoms with E-state index < -0.39 is 24.6 Å². The largest absolute Gasteiger partial charge is 0.368 e. The molecule has 1 aliphatic rings. The molecular formula is C27H30O5. The average Bonchev–Trinajstić information content (AvgIpc) is 2.83. The number of aliphatic hydroxyl groups is 1. The Labute approximate surface area is 189 Å². The summed E-state index contributed by atoms with van der Waals surface area (Å²) < 4.78 is 24.5. The van der Waals surface area contributed by atoms with Crippen molar-refractivity contribution in [3.05, 3.63) is 108 Å². The number of hydrogen-bond acceptors (Lipinski definition) is 5. The van der Waals surface area contributed by atoms with Gasteiger partial charge in [0, 0.05) is 0 Å². The molecule has 1 aliphatic heterocycles. The normalized spacial score (nSPS) is 25.5. The predicted octanol–water partition coefficient (Wildman–Crippen LogP) is 4.48. The summed E-state index contributed by atoms with van der Waals surface area (Å²) in [6.07, 6.45) is -3.04. The highest BCUT2D eigenvalue weighted by Crippen LogP contribution is 2.29. The zero-order valence-electron chi connectivity index (χ0n) is 18.2. The second kappa shape index (κ2) is 11.4. The van der Waals surface area contributed by atoms with Crippen molar-refractivity contribution in [1.29, 1.82) is 0 Å². The number of rotatable bonds is 9. The molecule has 0 aromatic heterocycles. The van der Waals surface area contributed by atoms with Gasteiger partial charge in [0.05, 0.1) is 25.9 Å². The van der Waals surface area contributed by atoms with E-state index >= 15 is 0 Å². The topological polar surface area (TPSA) is 57.2 Å². The maximum absolute atomic E-state index is 10.7. The van der Waals surface area contributed by atoms with Crippen LogP contribution in [0.4, 0.5) is 0 Å². The zero-order chi connectivity index (χ0) is 22.2. The third kappa shape index (κ3) is 6.03. The van der Waals surface area contributed by atoms with Gasteiger partial charge in [-0.15, -0.1) is 0 Å². The molecule has 1 heterocycles. The predicted molar refractivity (Wildman–Crippen MR) is 122 cm³/mol. The molecule has 5 atom stereocenters. The van der Waals surface area contributed by atoms with Crippen molar-refractivity contribution in [2.45, 2.75) is 57.5 Å². The molecule has 168 valence electrons. The Morgan fingerprint density at radius 2 is 0.969 bits per heavy atom. The van der Waals surface area contributed by atoms with E-state index in [1.165, 1.54) is 0 Å². The van der Waals surface area contributed by atoms with Crippen LogP contribution in [-0.2, 0) is 38.8 Å². The van der Waals surface area contributed by atoms with E-state index in [9.17, 15) is 5.11 Å². The van der Waals surface area contributed by atoms with Gasteiger partial charge in [-0.3, -0.25) is 0 Å². The molecule has 3 aromatic carbocycles. The van der Waals surface area contributed by atoms with Crippen molar-refractivity contribution in [1.82, 2.24) is 0 Å². The van der Waals surface area contributed by atoms with Crippen LogP contribution in [0.5, 0.6) is 0 Å². The molecular weight excluding hydrogens is 404 g/mol. The van der Waals surface area contributed by atoms with Gasteiger partial charge in [0.15, 0.2) is 6.29 Å². The van der Waals surface area contributed by atoms with Gasteiger partial charge in [0.25, 0.3) is 0 Å². The Balaban J connectivity index is 1.50. The van der Waals surface area contributed by atoms with E-state index in [0.717, 1.165) is 16.7 Å². The molecule has 1 saturated heterocycles. The van der Waals surface area contributed by atoms with E-state index in [2.05, 4.69) is 0 Å². The van der Waals surface area contributed by atoms with Gasteiger partial charge in [-0.05, 0) is 23.6 Å². The van der Waals surface area contributed by atoms with E-state index in [0.29, 0.717) is 19.8 Å². The van der Waals surface area contributed by atoms with Gasteiger partial charge >= 0.3 is 0 Å². The van der Waals surface area contributed by atoms with Gasteiger partial charge in [-0.2, -0.15) is 0 Å². The number of aliphatic hydroxyl groups excluding tert-OH is 1. The highest BCUT2D eigenvalue weighted by Gasteiger charge is 2.46.